The number of nitrogens with zero attached hydrogens (tertiary/aromatic N) is 3. The van der Waals surface area contributed by atoms with Gasteiger partial charge in [0.25, 0.3) is 11.8 Å². The number of benzene rings is 4. The van der Waals surface area contributed by atoms with Gasteiger partial charge in [-0.3, -0.25) is 9.59 Å². The molecule has 0 saturated carbocycles. The molecule has 4 aromatic carbocycles. The number of carbonyl (C=O) groups excluding carboxylic acids is 2. The molecule has 2 atom stereocenters. The fraction of sp³-hybridized carbons (Fsp3) is 0.350. The first-order valence-corrected chi connectivity index (χ1v) is 25.8. The molecule has 18 nitrogen and oxygen atoms in total. The standard InChI is InChI=1S/C26H27N3O6S2.C14H19N3O6S2/c30-25-14-19(11-13-24(25)29-17-26(31)27-37(29,34)35)10-12-23-15-21-8-4-5-9-22(21)16-28(23)36(32,33)18-20-6-2-1-3-7-20;18-13-8-10(3-5-11-2-1-7-24(20,21)15-11)4-6-12(13)17-9-14(19)16-25(17,22)23/h1-9,11,13-14,23,30H,10,12,15-18H2,(H,27,31);4,6,8,11,15,18H,1-3,5,7,9H2,(H,16,19). The van der Waals surface area contributed by atoms with E-state index in [-0.39, 0.29) is 53.0 Å². The summed E-state index contributed by atoms with van der Waals surface area (Å²) in [5, 5.41) is 20.7. The van der Waals surface area contributed by atoms with Crippen molar-refractivity contribution in [1.29, 1.82) is 0 Å². The van der Waals surface area contributed by atoms with Crippen molar-refractivity contribution < 1.29 is 53.5 Å². The molecule has 0 aliphatic carbocycles. The molecule has 5 N–H and O–H groups in total. The minimum atomic E-state index is -4.03. The molecule has 4 heterocycles. The molecule has 332 valence electrons. The molecule has 2 amide bonds. The second-order valence-corrected chi connectivity index (χ2v) is 22.5. The predicted molar refractivity (Wildman–Crippen MR) is 230 cm³/mol. The van der Waals surface area contributed by atoms with Crippen LogP contribution in [0.15, 0.2) is 91.0 Å². The van der Waals surface area contributed by atoms with Gasteiger partial charge in [0, 0.05) is 18.6 Å². The number of phenols is 2. The van der Waals surface area contributed by atoms with Crippen molar-refractivity contribution in [3.8, 4) is 11.5 Å². The van der Waals surface area contributed by atoms with Gasteiger partial charge in [0.1, 0.15) is 24.6 Å². The van der Waals surface area contributed by atoms with Crippen LogP contribution >= 0.6 is 0 Å². The quantitative estimate of drug-likeness (QED) is 0.145. The Morgan fingerprint density at radius 3 is 1.69 bits per heavy atom. The number of hydrogen-bond donors (Lipinski definition) is 5. The number of aromatic hydroxyl groups is 2. The third-order valence-corrected chi connectivity index (χ3v) is 17.1. The van der Waals surface area contributed by atoms with Crippen molar-refractivity contribution >= 4 is 63.7 Å². The highest BCUT2D eigenvalue weighted by molar-refractivity contribution is 7.92. The summed E-state index contributed by atoms with van der Waals surface area (Å²) < 4.78 is 108. The van der Waals surface area contributed by atoms with Crippen molar-refractivity contribution in [1.82, 2.24) is 18.5 Å². The van der Waals surface area contributed by atoms with Gasteiger partial charge in [-0.15, -0.1) is 0 Å². The number of amides is 2. The molecule has 2 unspecified atom stereocenters. The Hall–Kier alpha value is -5.26. The largest absolute Gasteiger partial charge is 0.506 e. The molecule has 3 fully saturated rings. The lowest BCUT2D eigenvalue weighted by molar-refractivity contribution is -0.118. The molecule has 4 aromatic rings. The Labute approximate surface area is 361 Å². The number of nitrogens with one attached hydrogen (secondary N) is 3. The van der Waals surface area contributed by atoms with Gasteiger partial charge < -0.3 is 10.2 Å². The third kappa shape index (κ3) is 10.5. The molecule has 62 heavy (non-hydrogen) atoms. The number of carbonyl (C=O) groups is 2. The van der Waals surface area contributed by atoms with E-state index in [0.29, 0.717) is 45.1 Å². The maximum atomic E-state index is 13.5. The first-order valence-electron chi connectivity index (χ1n) is 19.7. The van der Waals surface area contributed by atoms with Crippen molar-refractivity contribution in [2.24, 2.45) is 0 Å². The monoisotopic (exact) mass is 930 g/mol. The van der Waals surface area contributed by atoms with Crippen LogP contribution < -0.4 is 22.8 Å². The maximum absolute atomic E-state index is 13.5. The van der Waals surface area contributed by atoms with E-state index < -0.39 is 58.8 Å². The lowest BCUT2D eigenvalue weighted by Gasteiger charge is -2.36. The second kappa shape index (κ2) is 17.8. The van der Waals surface area contributed by atoms with Crippen LogP contribution in [-0.4, -0.2) is 90.9 Å². The highest BCUT2D eigenvalue weighted by Gasteiger charge is 2.38. The Balaban J connectivity index is 0.000000201. The average Bonchev–Trinajstić information content (AvgIpc) is 3.65. The van der Waals surface area contributed by atoms with Crippen LogP contribution in [0.3, 0.4) is 0 Å². The topological polar surface area (TPSA) is 257 Å². The van der Waals surface area contributed by atoms with Gasteiger partial charge >= 0.3 is 20.4 Å². The molecule has 0 spiro atoms. The third-order valence-electron chi connectivity index (χ3n) is 11.0. The number of phenolic OH excluding ortho intramolecular Hbond substituents is 2. The highest BCUT2D eigenvalue weighted by Crippen LogP contribution is 2.35. The molecule has 4 aliphatic heterocycles. The normalized spacial score (nSPS) is 21.6. The minimum absolute atomic E-state index is 0.0146. The van der Waals surface area contributed by atoms with Crippen LogP contribution in [0.25, 0.3) is 0 Å². The lowest BCUT2D eigenvalue weighted by atomic mass is 9.92. The molecular formula is C40H46N6O12S4. The van der Waals surface area contributed by atoms with E-state index in [1.165, 1.54) is 24.3 Å². The molecular weight excluding hydrogens is 885 g/mol. The highest BCUT2D eigenvalue weighted by atomic mass is 32.2. The predicted octanol–water partition coefficient (Wildman–Crippen LogP) is 2.05. The number of hydrogen-bond acceptors (Lipinski definition) is 12. The van der Waals surface area contributed by atoms with E-state index in [0.717, 1.165) is 42.8 Å². The lowest BCUT2D eigenvalue weighted by Crippen LogP contribution is -2.45. The first-order chi connectivity index (χ1) is 29.3. The van der Waals surface area contributed by atoms with E-state index >= 15 is 0 Å². The van der Waals surface area contributed by atoms with Crippen LogP contribution in [0.4, 0.5) is 11.4 Å². The van der Waals surface area contributed by atoms with Gasteiger partial charge in [-0.1, -0.05) is 66.7 Å². The van der Waals surface area contributed by atoms with Gasteiger partial charge in [-0.2, -0.15) is 21.1 Å². The van der Waals surface area contributed by atoms with Crippen LogP contribution in [0.2, 0.25) is 0 Å². The number of fused-ring (bicyclic) bond motifs is 1. The number of rotatable bonds is 11. The Kier molecular flexibility index (Phi) is 12.9. The van der Waals surface area contributed by atoms with Gasteiger partial charge in [-0.25, -0.2) is 39.6 Å². The van der Waals surface area contributed by atoms with E-state index in [1.807, 2.05) is 51.9 Å². The molecule has 0 radical (unpaired) electrons. The summed E-state index contributed by atoms with van der Waals surface area (Å²) in [6.07, 6.45) is 4.07. The average molecular weight is 931 g/mol. The van der Waals surface area contributed by atoms with Crippen molar-refractivity contribution in [2.45, 2.75) is 69.3 Å². The minimum Gasteiger partial charge on any atom is -0.506 e. The smallest absolute Gasteiger partial charge is 0.326 e. The zero-order valence-corrected chi connectivity index (χ0v) is 36.5. The van der Waals surface area contributed by atoms with Crippen LogP contribution in [-0.2, 0) is 81.6 Å². The molecule has 22 heteroatoms. The first kappa shape index (κ1) is 44.8. The molecule has 8 rings (SSSR count). The van der Waals surface area contributed by atoms with Gasteiger partial charge in [0.15, 0.2) is 0 Å². The maximum Gasteiger partial charge on any atom is 0.326 e. The zero-order chi connectivity index (χ0) is 44.5. The van der Waals surface area contributed by atoms with Crippen LogP contribution in [0.1, 0.15) is 53.5 Å². The summed E-state index contributed by atoms with van der Waals surface area (Å²) in [7, 11) is -14.8. The SMILES string of the molecule is O=C1CN(c2ccc(CCC3CCCS(=O)(=O)N3)cc2O)S(=O)(=O)N1.O=C1CN(c2ccc(CCC3Cc4ccccc4CN3S(=O)(=O)Cc3ccccc3)cc2O)S(=O)(=O)N1. The Bertz CT molecular complexity index is 2810. The van der Waals surface area contributed by atoms with E-state index in [1.54, 1.807) is 28.6 Å². The molecule has 3 saturated heterocycles. The van der Waals surface area contributed by atoms with E-state index in [2.05, 4.69) is 4.72 Å². The van der Waals surface area contributed by atoms with Crippen LogP contribution in [0.5, 0.6) is 11.5 Å². The number of aryl methyl sites for hydroxylation is 2. The summed E-state index contributed by atoms with van der Waals surface area (Å²) in [5.41, 5.74) is 4.37. The van der Waals surface area contributed by atoms with Gasteiger partial charge in [0.05, 0.1) is 22.9 Å². The van der Waals surface area contributed by atoms with Crippen LogP contribution in [0, 0.1) is 0 Å². The van der Waals surface area contributed by atoms with E-state index in [9.17, 15) is 53.5 Å². The summed E-state index contributed by atoms with van der Waals surface area (Å²) in [6.45, 7) is -0.474. The zero-order valence-electron chi connectivity index (χ0n) is 33.3. The fourth-order valence-electron chi connectivity index (χ4n) is 7.97. The summed E-state index contributed by atoms with van der Waals surface area (Å²) in [5.74, 6) is -1.78. The van der Waals surface area contributed by atoms with Crippen molar-refractivity contribution in [2.75, 3.05) is 27.5 Å². The summed E-state index contributed by atoms with van der Waals surface area (Å²) in [4.78, 5) is 22.8. The number of anilines is 2. The second-order valence-electron chi connectivity index (χ2n) is 15.5. The van der Waals surface area contributed by atoms with Crippen molar-refractivity contribution in [3.63, 3.8) is 0 Å². The fourth-order valence-corrected chi connectivity index (χ4v) is 13.4. The number of sulfonamides is 2. The van der Waals surface area contributed by atoms with Crippen molar-refractivity contribution in [3.05, 3.63) is 119 Å². The molecule has 0 aromatic heterocycles. The van der Waals surface area contributed by atoms with Gasteiger partial charge in [-0.05, 0) is 97.0 Å². The summed E-state index contributed by atoms with van der Waals surface area (Å²) in [6, 6.07) is 25.7. The van der Waals surface area contributed by atoms with Gasteiger partial charge in [0.2, 0.25) is 20.0 Å². The van der Waals surface area contributed by atoms with E-state index in [4.69, 9.17) is 0 Å². The molecule has 0 bridgehead atoms. The Morgan fingerprint density at radius 2 is 1.18 bits per heavy atom. The molecule has 4 aliphatic rings. The summed E-state index contributed by atoms with van der Waals surface area (Å²) >= 11 is 0. The Morgan fingerprint density at radius 1 is 0.645 bits per heavy atom.